The van der Waals surface area contributed by atoms with Crippen LogP contribution in [-0.2, 0) is 9.59 Å². The van der Waals surface area contributed by atoms with Gasteiger partial charge in [-0.2, -0.15) is 0 Å². The number of rotatable bonds is 4. The van der Waals surface area contributed by atoms with Crippen LogP contribution in [0.25, 0.3) is 0 Å². The number of carbonyl (C=O) groups excluding carboxylic acids is 2. The van der Waals surface area contributed by atoms with Gasteiger partial charge in [0.2, 0.25) is 11.8 Å². The van der Waals surface area contributed by atoms with Crippen molar-refractivity contribution in [3.8, 4) is 0 Å². The second kappa shape index (κ2) is 7.78. The molecule has 0 bridgehead atoms. The number of aliphatic hydroxyl groups is 1. The molecule has 2 aliphatic rings. The molecule has 5 heteroatoms. The quantitative estimate of drug-likeness (QED) is 0.827. The Bertz CT molecular complexity index is 365. The van der Waals surface area contributed by atoms with Gasteiger partial charge in [0.25, 0.3) is 0 Å². The molecule has 1 saturated heterocycles. The minimum atomic E-state index is -0.287. The summed E-state index contributed by atoms with van der Waals surface area (Å²) in [6.45, 7) is 2.70. The molecule has 2 amide bonds. The highest BCUT2D eigenvalue weighted by Gasteiger charge is 2.33. The molecule has 1 aliphatic carbocycles. The summed E-state index contributed by atoms with van der Waals surface area (Å²) in [5.74, 6) is 0.108. The molecular formula is C16H28N2O3. The lowest BCUT2D eigenvalue weighted by molar-refractivity contribution is -0.142. The van der Waals surface area contributed by atoms with Crippen molar-refractivity contribution in [3.05, 3.63) is 0 Å². The molecule has 0 spiro atoms. The lowest BCUT2D eigenvalue weighted by atomic mass is 9.92. The molecule has 21 heavy (non-hydrogen) atoms. The van der Waals surface area contributed by atoms with E-state index in [1.165, 1.54) is 0 Å². The van der Waals surface area contributed by atoms with Crippen LogP contribution in [-0.4, -0.2) is 46.6 Å². The second-order valence-electron chi connectivity index (χ2n) is 6.36. The highest BCUT2D eigenvalue weighted by Crippen LogP contribution is 2.21. The lowest BCUT2D eigenvalue weighted by Crippen LogP contribution is -2.54. The average Bonchev–Trinajstić information content (AvgIpc) is 2.50. The molecule has 0 aromatic heterocycles. The normalized spacial score (nSPS) is 30.0. The Labute approximate surface area is 127 Å². The maximum absolute atomic E-state index is 12.5. The van der Waals surface area contributed by atoms with Crippen LogP contribution in [0.1, 0.15) is 64.7 Å². The van der Waals surface area contributed by atoms with Crippen molar-refractivity contribution in [3.63, 3.8) is 0 Å². The first-order valence-corrected chi connectivity index (χ1v) is 8.39. The van der Waals surface area contributed by atoms with Crippen LogP contribution < -0.4 is 5.32 Å². The molecule has 5 nitrogen and oxygen atoms in total. The van der Waals surface area contributed by atoms with Crippen LogP contribution in [0.2, 0.25) is 0 Å². The zero-order chi connectivity index (χ0) is 15.2. The number of aliphatic hydroxyl groups excluding tert-OH is 1. The second-order valence-corrected chi connectivity index (χ2v) is 6.36. The number of nitrogens with zero attached hydrogens (tertiary/aromatic N) is 1. The number of hydrogen-bond donors (Lipinski definition) is 2. The van der Waals surface area contributed by atoms with E-state index in [4.69, 9.17) is 0 Å². The van der Waals surface area contributed by atoms with Gasteiger partial charge in [0.05, 0.1) is 6.10 Å². The Morgan fingerprint density at radius 3 is 2.52 bits per heavy atom. The van der Waals surface area contributed by atoms with E-state index in [-0.39, 0.29) is 30.0 Å². The van der Waals surface area contributed by atoms with Crippen molar-refractivity contribution in [2.24, 2.45) is 0 Å². The third-order valence-electron chi connectivity index (χ3n) is 4.63. The van der Waals surface area contributed by atoms with Crippen molar-refractivity contribution in [1.29, 1.82) is 0 Å². The predicted molar refractivity (Wildman–Crippen MR) is 80.7 cm³/mol. The van der Waals surface area contributed by atoms with E-state index in [9.17, 15) is 14.7 Å². The van der Waals surface area contributed by atoms with Crippen LogP contribution in [0.4, 0.5) is 0 Å². The monoisotopic (exact) mass is 296 g/mol. The van der Waals surface area contributed by atoms with Gasteiger partial charge >= 0.3 is 0 Å². The molecule has 2 N–H and O–H groups in total. The van der Waals surface area contributed by atoms with Gasteiger partial charge in [-0.3, -0.25) is 9.59 Å². The smallest absolute Gasteiger partial charge is 0.243 e. The number of hydrogen-bond acceptors (Lipinski definition) is 3. The van der Waals surface area contributed by atoms with Gasteiger partial charge in [0.15, 0.2) is 0 Å². The average molecular weight is 296 g/mol. The third kappa shape index (κ3) is 4.43. The maximum atomic E-state index is 12.5. The summed E-state index contributed by atoms with van der Waals surface area (Å²) < 4.78 is 0. The van der Waals surface area contributed by atoms with Crippen molar-refractivity contribution in [2.75, 3.05) is 6.54 Å². The number of likely N-dealkylation sites (tertiary alicyclic amines) is 1. The minimum Gasteiger partial charge on any atom is -0.393 e. The summed E-state index contributed by atoms with van der Waals surface area (Å²) in [4.78, 5) is 26.4. The van der Waals surface area contributed by atoms with Gasteiger partial charge in [-0.15, -0.1) is 0 Å². The molecule has 2 fully saturated rings. The SMILES string of the molecule is CCCC(=O)N1CCCCC1C(=O)NC1CCC(O)CC1. The molecule has 1 unspecified atom stereocenters. The molecule has 0 aromatic rings. The maximum Gasteiger partial charge on any atom is 0.243 e. The Kier molecular flexibility index (Phi) is 6.03. The minimum absolute atomic E-state index is 0.000503. The van der Waals surface area contributed by atoms with E-state index in [1.807, 2.05) is 6.92 Å². The number of amides is 2. The predicted octanol–water partition coefficient (Wildman–Crippen LogP) is 1.59. The summed E-state index contributed by atoms with van der Waals surface area (Å²) >= 11 is 0. The summed E-state index contributed by atoms with van der Waals surface area (Å²) in [7, 11) is 0. The Morgan fingerprint density at radius 1 is 1.14 bits per heavy atom. The molecule has 0 radical (unpaired) electrons. The molecule has 1 saturated carbocycles. The lowest BCUT2D eigenvalue weighted by Gasteiger charge is -2.36. The summed E-state index contributed by atoms with van der Waals surface area (Å²) in [5, 5.41) is 12.6. The topological polar surface area (TPSA) is 69.6 Å². The van der Waals surface area contributed by atoms with Crippen molar-refractivity contribution >= 4 is 11.8 Å². The Morgan fingerprint density at radius 2 is 1.86 bits per heavy atom. The molecular weight excluding hydrogens is 268 g/mol. The Hall–Kier alpha value is -1.10. The van der Waals surface area contributed by atoms with Crippen LogP contribution >= 0.6 is 0 Å². The summed E-state index contributed by atoms with van der Waals surface area (Å²) in [6.07, 6.45) is 7.11. The largest absolute Gasteiger partial charge is 0.393 e. The Balaban J connectivity index is 1.90. The van der Waals surface area contributed by atoms with Gasteiger partial charge < -0.3 is 15.3 Å². The van der Waals surface area contributed by atoms with Crippen LogP contribution in [0.15, 0.2) is 0 Å². The first-order chi connectivity index (χ1) is 10.1. The first kappa shape index (κ1) is 16.3. The molecule has 2 rings (SSSR count). The molecule has 0 aromatic carbocycles. The van der Waals surface area contributed by atoms with E-state index in [1.54, 1.807) is 4.90 Å². The standard InChI is InChI=1S/C16H28N2O3/c1-2-5-15(20)18-11-4-3-6-14(18)16(21)17-12-7-9-13(19)10-8-12/h12-14,19H,2-11H2,1H3,(H,17,21). The zero-order valence-electron chi connectivity index (χ0n) is 13.0. The highest BCUT2D eigenvalue weighted by atomic mass is 16.3. The number of nitrogens with one attached hydrogen (secondary N) is 1. The van der Waals surface area contributed by atoms with E-state index in [0.29, 0.717) is 13.0 Å². The van der Waals surface area contributed by atoms with Gasteiger partial charge in [0.1, 0.15) is 6.04 Å². The van der Waals surface area contributed by atoms with E-state index >= 15 is 0 Å². The molecule has 120 valence electrons. The van der Waals surface area contributed by atoms with Crippen LogP contribution in [0, 0.1) is 0 Å². The van der Waals surface area contributed by atoms with E-state index in [2.05, 4.69) is 5.32 Å². The fourth-order valence-corrected chi connectivity index (χ4v) is 3.38. The summed E-state index contributed by atoms with van der Waals surface area (Å²) in [6, 6.07) is -0.129. The zero-order valence-corrected chi connectivity index (χ0v) is 13.0. The van der Waals surface area contributed by atoms with Gasteiger partial charge in [-0.25, -0.2) is 0 Å². The van der Waals surface area contributed by atoms with E-state index < -0.39 is 0 Å². The van der Waals surface area contributed by atoms with Crippen molar-refractivity contribution < 1.29 is 14.7 Å². The molecule has 1 heterocycles. The summed E-state index contributed by atoms with van der Waals surface area (Å²) in [5.41, 5.74) is 0. The third-order valence-corrected chi connectivity index (χ3v) is 4.63. The highest BCUT2D eigenvalue weighted by molar-refractivity contribution is 5.88. The fraction of sp³-hybridized carbons (Fsp3) is 0.875. The van der Waals surface area contributed by atoms with E-state index in [0.717, 1.165) is 51.4 Å². The molecule has 1 aliphatic heterocycles. The van der Waals surface area contributed by atoms with Crippen molar-refractivity contribution in [1.82, 2.24) is 10.2 Å². The number of piperidine rings is 1. The fourth-order valence-electron chi connectivity index (χ4n) is 3.38. The van der Waals surface area contributed by atoms with Crippen LogP contribution in [0.3, 0.4) is 0 Å². The van der Waals surface area contributed by atoms with Crippen LogP contribution in [0.5, 0.6) is 0 Å². The van der Waals surface area contributed by atoms with Gasteiger partial charge in [-0.05, 0) is 51.4 Å². The number of carbonyl (C=O) groups is 2. The van der Waals surface area contributed by atoms with Gasteiger partial charge in [-0.1, -0.05) is 6.92 Å². The molecule has 1 atom stereocenters. The van der Waals surface area contributed by atoms with Gasteiger partial charge in [0, 0.05) is 19.0 Å². The van der Waals surface area contributed by atoms with Crippen molar-refractivity contribution in [2.45, 2.75) is 82.9 Å². The first-order valence-electron chi connectivity index (χ1n) is 8.39.